The molecular weight excluding hydrogens is 222 g/mol. The number of rotatable bonds is 2. The van der Waals surface area contributed by atoms with Gasteiger partial charge in [0.25, 0.3) is 0 Å². The molecule has 0 unspecified atom stereocenters. The van der Waals surface area contributed by atoms with Gasteiger partial charge in [-0.25, -0.2) is 4.68 Å². The summed E-state index contributed by atoms with van der Waals surface area (Å²) in [6.45, 7) is 3.45. The molecule has 1 N–H and O–H groups in total. The van der Waals surface area contributed by atoms with E-state index >= 15 is 0 Å². The average molecular weight is 233 g/mol. The highest BCUT2D eigenvalue weighted by atomic mass is 32.1. The van der Waals surface area contributed by atoms with E-state index in [2.05, 4.69) is 5.10 Å². The van der Waals surface area contributed by atoms with Crippen molar-refractivity contribution in [1.29, 1.82) is 5.41 Å². The van der Waals surface area contributed by atoms with Gasteiger partial charge < -0.3 is 0 Å². The second-order valence-corrected chi connectivity index (χ2v) is 4.49. The third-order valence-corrected chi connectivity index (χ3v) is 3.09. The number of aryl methyl sites for hydroxylation is 1. The third-order valence-electron chi connectivity index (χ3n) is 2.16. The molecule has 2 aromatic rings. The van der Waals surface area contributed by atoms with E-state index in [9.17, 15) is 4.79 Å². The van der Waals surface area contributed by atoms with Crippen molar-refractivity contribution in [3.63, 3.8) is 0 Å². The maximum absolute atomic E-state index is 11.1. The molecule has 0 saturated heterocycles. The fraction of sp³-hybridized carbons (Fsp3) is 0.182. The van der Waals surface area contributed by atoms with Gasteiger partial charge in [-0.2, -0.15) is 5.10 Å². The van der Waals surface area contributed by atoms with Gasteiger partial charge >= 0.3 is 0 Å². The number of Topliss-reactive ketones (excluding diaryl/α,β-unsaturated/α-hetero) is 1. The topological polar surface area (TPSA) is 58.7 Å². The highest BCUT2D eigenvalue weighted by molar-refractivity contribution is 7.10. The summed E-state index contributed by atoms with van der Waals surface area (Å²) in [5, 5.41) is 12.2. The van der Waals surface area contributed by atoms with Gasteiger partial charge in [-0.3, -0.25) is 10.2 Å². The van der Waals surface area contributed by atoms with Crippen molar-refractivity contribution < 1.29 is 4.79 Å². The minimum atomic E-state index is -0.107. The molecule has 1 aromatic heterocycles. The quantitative estimate of drug-likeness (QED) is 0.806. The lowest BCUT2D eigenvalue weighted by Crippen LogP contribution is -2.12. The number of benzene rings is 1. The molecule has 0 fully saturated rings. The van der Waals surface area contributed by atoms with Gasteiger partial charge in [-0.05, 0) is 19.1 Å². The van der Waals surface area contributed by atoms with Crippen molar-refractivity contribution in [3.8, 4) is 5.69 Å². The molecule has 0 bridgehead atoms. The van der Waals surface area contributed by atoms with Crippen LogP contribution in [-0.2, 0) is 0 Å². The van der Waals surface area contributed by atoms with Gasteiger partial charge in [-0.1, -0.05) is 29.0 Å². The predicted molar refractivity (Wildman–Crippen MR) is 62.0 cm³/mol. The van der Waals surface area contributed by atoms with Crippen LogP contribution in [0, 0.1) is 12.3 Å². The first-order valence-electron chi connectivity index (χ1n) is 4.80. The molecule has 0 saturated carbocycles. The fourth-order valence-electron chi connectivity index (χ4n) is 1.29. The Morgan fingerprint density at radius 3 is 2.50 bits per heavy atom. The summed E-state index contributed by atoms with van der Waals surface area (Å²) in [5.41, 5.74) is 1.96. The lowest BCUT2D eigenvalue weighted by molar-refractivity contribution is 0.101. The smallest absolute Gasteiger partial charge is 0.205 e. The molecule has 2 rings (SSSR count). The van der Waals surface area contributed by atoms with Gasteiger partial charge in [0.15, 0.2) is 10.8 Å². The van der Waals surface area contributed by atoms with Gasteiger partial charge in [0, 0.05) is 6.92 Å². The first-order valence-corrected chi connectivity index (χ1v) is 5.62. The van der Waals surface area contributed by atoms with E-state index in [4.69, 9.17) is 5.41 Å². The van der Waals surface area contributed by atoms with E-state index in [1.54, 1.807) is 0 Å². The first-order chi connectivity index (χ1) is 7.58. The fourth-order valence-corrected chi connectivity index (χ4v) is 1.98. The van der Waals surface area contributed by atoms with E-state index in [-0.39, 0.29) is 10.6 Å². The number of aromatic nitrogens is 2. The zero-order chi connectivity index (χ0) is 11.7. The molecule has 0 aliphatic carbocycles. The third kappa shape index (κ3) is 1.94. The minimum absolute atomic E-state index is 0.107. The van der Waals surface area contributed by atoms with Gasteiger partial charge in [0.2, 0.25) is 4.80 Å². The zero-order valence-electron chi connectivity index (χ0n) is 9.02. The lowest BCUT2D eigenvalue weighted by atomic mass is 10.2. The van der Waals surface area contributed by atoms with Crippen LogP contribution in [-0.4, -0.2) is 15.6 Å². The van der Waals surface area contributed by atoms with E-state index in [1.807, 2.05) is 31.2 Å². The Morgan fingerprint density at radius 2 is 2.00 bits per heavy atom. The van der Waals surface area contributed by atoms with Crippen molar-refractivity contribution in [2.45, 2.75) is 13.8 Å². The molecule has 16 heavy (non-hydrogen) atoms. The predicted octanol–water partition coefficient (Wildman–Crippen LogP) is 1.92. The molecule has 5 heteroatoms. The number of hydrogen-bond donors (Lipinski definition) is 1. The number of nitrogens with one attached hydrogen (secondary N) is 1. The van der Waals surface area contributed by atoms with Crippen molar-refractivity contribution >= 4 is 17.1 Å². The normalized spacial score (nSPS) is 10.4. The summed E-state index contributed by atoms with van der Waals surface area (Å²) < 4.78 is 1.47. The monoisotopic (exact) mass is 233 g/mol. The molecule has 1 heterocycles. The Balaban J connectivity index is 2.52. The molecule has 4 nitrogen and oxygen atoms in total. The molecule has 1 aromatic carbocycles. The summed E-state index contributed by atoms with van der Waals surface area (Å²) in [4.78, 5) is 11.4. The zero-order valence-corrected chi connectivity index (χ0v) is 9.84. The Bertz CT molecular complexity index is 580. The van der Waals surface area contributed by atoms with Crippen molar-refractivity contribution in [2.24, 2.45) is 0 Å². The number of hydrogen-bond acceptors (Lipinski definition) is 4. The van der Waals surface area contributed by atoms with Crippen LogP contribution in [0.3, 0.4) is 0 Å². The second-order valence-electron chi connectivity index (χ2n) is 3.52. The van der Waals surface area contributed by atoms with E-state index < -0.39 is 0 Å². The molecule has 0 atom stereocenters. The molecule has 0 radical (unpaired) electrons. The Kier molecular flexibility index (Phi) is 2.70. The van der Waals surface area contributed by atoms with Crippen LogP contribution in [0.25, 0.3) is 5.69 Å². The minimum Gasteiger partial charge on any atom is -0.292 e. The highest BCUT2D eigenvalue weighted by Gasteiger charge is 2.08. The molecule has 0 aliphatic rings. The van der Waals surface area contributed by atoms with Gasteiger partial charge in [0.1, 0.15) is 0 Å². The first kappa shape index (κ1) is 10.8. The van der Waals surface area contributed by atoms with E-state index in [0.29, 0.717) is 5.01 Å². The summed E-state index contributed by atoms with van der Waals surface area (Å²) in [6, 6.07) is 7.68. The lowest BCUT2D eigenvalue weighted by Gasteiger charge is -2.00. The maximum Gasteiger partial charge on any atom is 0.205 e. The van der Waals surface area contributed by atoms with Crippen molar-refractivity contribution in [3.05, 3.63) is 39.6 Å². The summed E-state index contributed by atoms with van der Waals surface area (Å²) >= 11 is 1.09. The van der Waals surface area contributed by atoms with Crippen LogP contribution in [0.1, 0.15) is 22.3 Å². The number of carbonyl (C=O) groups is 1. The standard InChI is InChI=1S/C11H11N3OS/c1-7-3-5-9(6-4-7)14-11(12)16-10(13-14)8(2)15/h3-6,12H,1-2H3. The number of carbonyl (C=O) groups excluding carboxylic acids is 1. The van der Waals surface area contributed by atoms with Crippen LogP contribution in [0.2, 0.25) is 0 Å². The molecule has 0 aliphatic heterocycles. The summed E-state index contributed by atoms with van der Waals surface area (Å²) in [5.74, 6) is -0.107. The Labute approximate surface area is 96.7 Å². The Morgan fingerprint density at radius 1 is 1.38 bits per heavy atom. The van der Waals surface area contributed by atoms with Crippen LogP contribution in [0.4, 0.5) is 0 Å². The number of ketones is 1. The van der Waals surface area contributed by atoms with Gasteiger partial charge in [0.05, 0.1) is 5.69 Å². The van der Waals surface area contributed by atoms with Crippen molar-refractivity contribution in [2.75, 3.05) is 0 Å². The average Bonchev–Trinajstić information content (AvgIpc) is 2.62. The second kappa shape index (κ2) is 4.02. The van der Waals surface area contributed by atoms with E-state index in [1.165, 1.54) is 11.6 Å². The molecule has 0 spiro atoms. The van der Waals surface area contributed by atoms with Crippen LogP contribution < -0.4 is 4.80 Å². The molecular formula is C11H11N3OS. The summed E-state index contributed by atoms with van der Waals surface area (Å²) in [7, 11) is 0. The van der Waals surface area contributed by atoms with Gasteiger partial charge in [-0.15, -0.1) is 0 Å². The largest absolute Gasteiger partial charge is 0.292 e. The Hall–Kier alpha value is -1.75. The highest BCUT2D eigenvalue weighted by Crippen LogP contribution is 2.08. The maximum atomic E-state index is 11.1. The molecule has 82 valence electrons. The SMILES string of the molecule is CC(=O)c1nn(-c2ccc(C)cc2)c(=N)s1. The van der Waals surface area contributed by atoms with Crippen LogP contribution in [0.15, 0.2) is 24.3 Å². The summed E-state index contributed by atoms with van der Waals surface area (Å²) in [6.07, 6.45) is 0. The van der Waals surface area contributed by atoms with Crippen LogP contribution in [0.5, 0.6) is 0 Å². The van der Waals surface area contributed by atoms with Crippen molar-refractivity contribution in [1.82, 2.24) is 9.78 Å². The van der Waals surface area contributed by atoms with E-state index in [0.717, 1.165) is 22.6 Å². The number of nitrogens with zero attached hydrogens (tertiary/aromatic N) is 2. The molecule has 0 amide bonds. The van der Waals surface area contributed by atoms with Crippen LogP contribution >= 0.6 is 11.3 Å².